The van der Waals surface area contributed by atoms with Gasteiger partial charge in [0.2, 0.25) is 0 Å². The molecule has 0 saturated carbocycles. The highest BCUT2D eigenvalue weighted by Gasteiger charge is 2.22. The van der Waals surface area contributed by atoms with E-state index >= 15 is 0 Å². The van der Waals surface area contributed by atoms with Crippen molar-refractivity contribution in [1.29, 1.82) is 0 Å². The van der Waals surface area contributed by atoms with Gasteiger partial charge in [0.15, 0.2) is 0 Å². The molecule has 1 amide bonds. The second-order valence-corrected chi connectivity index (χ2v) is 5.29. The van der Waals surface area contributed by atoms with Crippen molar-refractivity contribution in [3.8, 4) is 0 Å². The van der Waals surface area contributed by atoms with E-state index in [1.807, 2.05) is 4.90 Å². The van der Waals surface area contributed by atoms with Crippen molar-refractivity contribution in [1.82, 2.24) is 15.2 Å². The van der Waals surface area contributed by atoms with Crippen LogP contribution < -0.4 is 5.32 Å². The van der Waals surface area contributed by atoms with Gasteiger partial charge in [-0.25, -0.2) is 0 Å². The van der Waals surface area contributed by atoms with Crippen LogP contribution in [0.1, 0.15) is 22.5 Å². The molecule has 1 aliphatic heterocycles. The number of carbonyl (C=O) groups is 1. The van der Waals surface area contributed by atoms with Gasteiger partial charge in [0, 0.05) is 26.2 Å². The zero-order chi connectivity index (χ0) is 12.8. The van der Waals surface area contributed by atoms with Crippen LogP contribution in [-0.2, 0) is 4.74 Å². The molecule has 18 heavy (non-hydrogen) atoms. The largest absolute Gasteiger partial charge is 0.383 e. The topological polar surface area (TPSA) is 54.5 Å². The first-order valence-electron chi connectivity index (χ1n) is 6.21. The summed E-state index contributed by atoms with van der Waals surface area (Å²) in [5, 5.41) is 3.42. The van der Waals surface area contributed by atoms with Crippen LogP contribution in [0.25, 0.3) is 0 Å². The highest BCUT2D eigenvalue weighted by Crippen LogP contribution is 2.13. The quantitative estimate of drug-likeness (QED) is 0.836. The van der Waals surface area contributed by atoms with E-state index in [4.69, 9.17) is 4.74 Å². The van der Waals surface area contributed by atoms with Gasteiger partial charge in [0.1, 0.15) is 4.88 Å². The molecule has 6 heteroatoms. The molecule has 100 valence electrons. The number of hydrogen-bond acceptors (Lipinski definition) is 5. The third-order valence-electron chi connectivity index (χ3n) is 3.10. The molecule has 1 fully saturated rings. The highest BCUT2D eigenvalue weighted by molar-refractivity contribution is 7.11. The van der Waals surface area contributed by atoms with Gasteiger partial charge in [-0.1, -0.05) is 0 Å². The second kappa shape index (κ2) is 6.82. The van der Waals surface area contributed by atoms with E-state index in [-0.39, 0.29) is 5.91 Å². The molecular formula is C12H19N3O2S. The van der Waals surface area contributed by atoms with Crippen molar-refractivity contribution in [3.05, 3.63) is 16.6 Å². The molecule has 1 aromatic heterocycles. The second-order valence-electron chi connectivity index (χ2n) is 4.40. The van der Waals surface area contributed by atoms with E-state index in [9.17, 15) is 4.79 Å². The fourth-order valence-corrected chi connectivity index (χ4v) is 2.72. The molecule has 0 spiro atoms. The van der Waals surface area contributed by atoms with E-state index in [0.29, 0.717) is 24.1 Å². The van der Waals surface area contributed by atoms with Gasteiger partial charge in [-0.05, 0) is 19.4 Å². The minimum Gasteiger partial charge on any atom is -0.383 e. The number of hydrogen-bond donors (Lipinski definition) is 1. The van der Waals surface area contributed by atoms with Crippen molar-refractivity contribution in [2.75, 3.05) is 33.4 Å². The number of methoxy groups -OCH3 is 1. The Morgan fingerprint density at radius 1 is 1.72 bits per heavy atom. The summed E-state index contributed by atoms with van der Waals surface area (Å²) in [4.78, 5) is 18.8. The normalized spacial score (nSPS) is 19.1. The molecule has 1 N–H and O–H groups in total. The minimum absolute atomic E-state index is 0.0586. The number of aromatic nitrogens is 1. The van der Waals surface area contributed by atoms with Gasteiger partial charge >= 0.3 is 0 Å². The third-order valence-corrected chi connectivity index (χ3v) is 3.86. The number of nitrogens with zero attached hydrogens (tertiary/aromatic N) is 2. The van der Waals surface area contributed by atoms with Crippen molar-refractivity contribution in [2.24, 2.45) is 0 Å². The van der Waals surface area contributed by atoms with Crippen molar-refractivity contribution >= 4 is 17.2 Å². The third kappa shape index (κ3) is 3.51. The summed E-state index contributed by atoms with van der Waals surface area (Å²) in [6, 6.07) is 0.415. The lowest BCUT2D eigenvalue weighted by atomic mass is 10.2. The zero-order valence-corrected chi connectivity index (χ0v) is 11.4. The number of thiazole rings is 1. The summed E-state index contributed by atoms with van der Waals surface area (Å²) in [5.41, 5.74) is 1.69. The maximum atomic E-state index is 12.3. The first-order chi connectivity index (χ1) is 8.81. The monoisotopic (exact) mass is 269 g/mol. The molecule has 5 nitrogen and oxygen atoms in total. The Balaban J connectivity index is 1.96. The summed E-state index contributed by atoms with van der Waals surface area (Å²) in [5.74, 6) is 0.0586. The predicted molar refractivity (Wildman–Crippen MR) is 70.9 cm³/mol. The molecule has 0 aliphatic carbocycles. The Morgan fingerprint density at radius 2 is 2.61 bits per heavy atom. The molecule has 1 saturated heterocycles. The van der Waals surface area contributed by atoms with E-state index in [1.54, 1.807) is 18.8 Å². The fraction of sp³-hybridized carbons (Fsp3) is 0.667. The van der Waals surface area contributed by atoms with Crippen LogP contribution in [0.4, 0.5) is 0 Å². The maximum absolute atomic E-state index is 12.3. The van der Waals surface area contributed by atoms with Crippen LogP contribution in [0.3, 0.4) is 0 Å². The molecule has 0 bridgehead atoms. The number of ether oxygens (including phenoxy) is 1. The Kier molecular flexibility index (Phi) is 5.10. The molecule has 1 unspecified atom stereocenters. The molecule has 2 heterocycles. The first kappa shape index (κ1) is 13.5. The number of carbonyl (C=O) groups excluding carboxylic acids is 1. The van der Waals surface area contributed by atoms with E-state index in [1.165, 1.54) is 17.8 Å². The molecule has 1 aromatic rings. The summed E-state index contributed by atoms with van der Waals surface area (Å²) in [6.07, 6.45) is 3.96. The summed E-state index contributed by atoms with van der Waals surface area (Å²) in [7, 11) is 1.66. The molecule has 0 aromatic carbocycles. The van der Waals surface area contributed by atoms with Crippen LogP contribution in [0, 0.1) is 0 Å². The first-order valence-corrected chi connectivity index (χ1v) is 7.09. The molecule has 0 radical (unpaired) electrons. The summed E-state index contributed by atoms with van der Waals surface area (Å²) >= 11 is 1.39. The average molecular weight is 269 g/mol. The number of rotatable bonds is 6. The van der Waals surface area contributed by atoms with Crippen LogP contribution in [0.15, 0.2) is 11.7 Å². The van der Waals surface area contributed by atoms with Crippen LogP contribution in [0.2, 0.25) is 0 Å². The fourth-order valence-electron chi connectivity index (χ4n) is 2.13. The van der Waals surface area contributed by atoms with Gasteiger partial charge in [-0.3, -0.25) is 9.78 Å². The Labute approximate surface area is 111 Å². The van der Waals surface area contributed by atoms with Gasteiger partial charge < -0.3 is 15.0 Å². The van der Waals surface area contributed by atoms with Gasteiger partial charge in [-0.15, -0.1) is 11.3 Å². The van der Waals surface area contributed by atoms with Gasteiger partial charge in [0.05, 0.1) is 18.3 Å². The molecule has 1 aliphatic rings. The molecule has 1 atom stereocenters. The Morgan fingerprint density at radius 3 is 3.22 bits per heavy atom. The lowest BCUT2D eigenvalue weighted by Gasteiger charge is -2.25. The number of amides is 1. The average Bonchev–Trinajstić information content (AvgIpc) is 3.06. The predicted octanol–water partition coefficient (Wildman–Crippen LogP) is 0.984. The molecular weight excluding hydrogens is 250 g/mol. The minimum atomic E-state index is 0.0586. The van der Waals surface area contributed by atoms with Gasteiger partial charge in [0.25, 0.3) is 5.91 Å². The lowest BCUT2D eigenvalue weighted by Crippen LogP contribution is -2.42. The van der Waals surface area contributed by atoms with E-state index in [2.05, 4.69) is 10.3 Å². The SMILES string of the molecule is COCCN(CC1CCCN1)C(=O)c1cncs1. The van der Waals surface area contributed by atoms with E-state index in [0.717, 1.165) is 19.5 Å². The maximum Gasteiger partial charge on any atom is 0.265 e. The summed E-state index contributed by atoms with van der Waals surface area (Å²) in [6.45, 7) is 3.00. The van der Waals surface area contributed by atoms with Crippen LogP contribution >= 0.6 is 11.3 Å². The van der Waals surface area contributed by atoms with Crippen molar-refractivity contribution < 1.29 is 9.53 Å². The molecule has 2 rings (SSSR count). The van der Waals surface area contributed by atoms with Crippen LogP contribution in [-0.4, -0.2) is 55.2 Å². The Bertz CT molecular complexity index is 363. The van der Waals surface area contributed by atoms with Crippen LogP contribution in [0.5, 0.6) is 0 Å². The van der Waals surface area contributed by atoms with Gasteiger partial charge in [-0.2, -0.15) is 0 Å². The van der Waals surface area contributed by atoms with Crippen molar-refractivity contribution in [3.63, 3.8) is 0 Å². The lowest BCUT2D eigenvalue weighted by molar-refractivity contribution is 0.0684. The summed E-state index contributed by atoms with van der Waals surface area (Å²) < 4.78 is 5.08. The van der Waals surface area contributed by atoms with E-state index < -0.39 is 0 Å². The smallest absolute Gasteiger partial charge is 0.265 e. The van der Waals surface area contributed by atoms with Crippen molar-refractivity contribution in [2.45, 2.75) is 18.9 Å². The Hall–Kier alpha value is -0.980. The standard InChI is InChI=1S/C12H19N3O2S/c1-17-6-5-15(8-10-3-2-4-14-10)12(16)11-7-13-9-18-11/h7,9-10,14H,2-6,8H2,1H3. The number of nitrogens with one attached hydrogen (secondary N) is 1. The highest BCUT2D eigenvalue weighted by atomic mass is 32.1. The zero-order valence-electron chi connectivity index (χ0n) is 10.6.